The summed E-state index contributed by atoms with van der Waals surface area (Å²) in [6, 6.07) is 8.58. The van der Waals surface area contributed by atoms with Crippen LogP contribution in [0.1, 0.15) is 11.1 Å². The lowest BCUT2D eigenvalue weighted by Gasteiger charge is -2.15. The van der Waals surface area contributed by atoms with E-state index in [1.165, 1.54) is 12.1 Å². The molecule has 0 radical (unpaired) electrons. The Morgan fingerprint density at radius 1 is 1.13 bits per heavy atom. The van der Waals surface area contributed by atoms with E-state index in [-0.39, 0.29) is 20.7 Å². The number of nitrogens with one attached hydrogen (secondary N) is 1. The van der Waals surface area contributed by atoms with Gasteiger partial charge in [-0.25, -0.2) is 0 Å². The van der Waals surface area contributed by atoms with Gasteiger partial charge >= 0.3 is 7.12 Å². The maximum atomic E-state index is 9.30. The highest BCUT2D eigenvalue weighted by Crippen LogP contribution is 2.26. The van der Waals surface area contributed by atoms with Crippen LogP contribution in [0.2, 0.25) is 10.0 Å². The van der Waals surface area contributed by atoms with Crippen molar-refractivity contribution in [1.82, 2.24) is 0 Å². The molecule has 120 valence electrons. The van der Waals surface area contributed by atoms with Crippen molar-refractivity contribution in [3.63, 3.8) is 0 Å². The normalized spacial score (nSPS) is 10.3. The molecule has 2 aromatic rings. The summed E-state index contributed by atoms with van der Waals surface area (Å²) in [5.41, 5.74) is 2.38. The Morgan fingerprint density at radius 3 is 2.30 bits per heavy atom. The number of hydrogen-bond donors (Lipinski definition) is 3. The molecule has 0 saturated carbocycles. The molecule has 0 saturated heterocycles. The molecule has 0 aliphatic carbocycles. The number of hydrogen-bond acceptors (Lipinski definition) is 4. The summed E-state index contributed by atoms with van der Waals surface area (Å²) in [6.45, 7) is 3.83. The Morgan fingerprint density at radius 2 is 1.74 bits per heavy atom. The first-order valence-corrected chi connectivity index (χ1v) is 7.86. The molecule has 8 heteroatoms. The van der Waals surface area contributed by atoms with Crippen molar-refractivity contribution < 1.29 is 14.8 Å². The largest absolute Gasteiger partial charge is 0.490 e. The highest BCUT2D eigenvalue weighted by atomic mass is 35.5. The zero-order chi connectivity index (χ0) is 17.1. The van der Waals surface area contributed by atoms with Crippen LogP contribution in [-0.4, -0.2) is 22.3 Å². The van der Waals surface area contributed by atoms with Gasteiger partial charge in [-0.1, -0.05) is 41.4 Å². The number of ether oxygens (including phenoxy) is 1. The van der Waals surface area contributed by atoms with Crippen LogP contribution in [0.15, 0.2) is 30.3 Å². The highest BCUT2D eigenvalue weighted by Gasteiger charge is 2.18. The summed E-state index contributed by atoms with van der Waals surface area (Å²) >= 11 is 17.2. The van der Waals surface area contributed by atoms with Crippen molar-refractivity contribution in [3.05, 3.63) is 51.5 Å². The van der Waals surface area contributed by atoms with Gasteiger partial charge in [0, 0.05) is 10.5 Å². The first-order valence-electron chi connectivity index (χ1n) is 6.69. The number of thiocarbonyl (C=S) groups is 1. The molecule has 4 nitrogen and oxygen atoms in total. The predicted octanol–water partition coefficient (Wildman–Crippen LogP) is 3.07. The van der Waals surface area contributed by atoms with Gasteiger partial charge in [0.15, 0.2) is 0 Å². The van der Waals surface area contributed by atoms with E-state index in [0.717, 1.165) is 11.1 Å². The summed E-state index contributed by atoms with van der Waals surface area (Å²) in [6.07, 6.45) is 0. The van der Waals surface area contributed by atoms with Crippen LogP contribution in [0.4, 0.5) is 5.69 Å². The van der Waals surface area contributed by atoms with Crippen molar-refractivity contribution in [3.8, 4) is 5.75 Å². The molecular weight excluding hydrogens is 356 g/mol. The number of halogens is 2. The predicted molar refractivity (Wildman–Crippen MR) is 99.1 cm³/mol. The minimum absolute atomic E-state index is 0.0880. The molecule has 0 atom stereocenters. The smallest absolute Gasteiger partial charge is 0.431 e. The van der Waals surface area contributed by atoms with Gasteiger partial charge in [0.05, 0.1) is 10.7 Å². The van der Waals surface area contributed by atoms with Crippen molar-refractivity contribution in [2.45, 2.75) is 13.8 Å². The maximum absolute atomic E-state index is 9.30. The van der Waals surface area contributed by atoms with E-state index in [2.05, 4.69) is 5.32 Å². The Labute approximate surface area is 150 Å². The minimum atomic E-state index is -1.71. The first-order chi connectivity index (χ1) is 10.8. The Kier molecular flexibility index (Phi) is 5.89. The number of anilines is 1. The quantitative estimate of drug-likeness (QED) is 0.573. The van der Waals surface area contributed by atoms with Crippen molar-refractivity contribution in [1.29, 1.82) is 0 Å². The average Bonchev–Trinajstić information content (AvgIpc) is 2.45. The fraction of sp³-hybridized carbons (Fsp3) is 0.133. The first kappa shape index (κ1) is 18.0. The van der Waals surface area contributed by atoms with Crippen LogP contribution in [-0.2, 0) is 0 Å². The van der Waals surface area contributed by atoms with Gasteiger partial charge in [-0.05, 0) is 49.3 Å². The fourth-order valence-corrected chi connectivity index (χ4v) is 2.77. The number of para-hydroxylation sites is 1. The number of benzene rings is 2. The Bertz CT molecular complexity index is 735. The SMILES string of the molecule is Cc1cccc(C)c1OC(=S)Nc1cc(B(O)O)c(Cl)cc1Cl. The van der Waals surface area contributed by atoms with Crippen LogP contribution < -0.4 is 15.5 Å². The van der Waals surface area contributed by atoms with Gasteiger partial charge in [0.2, 0.25) is 0 Å². The lowest BCUT2D eigenvalue weighted by Crippen LogP contribution is -2.31. The van der Waals surface area contributed by atoms with Crippen molar-refractivity contribution in [2.24, 2.45) is 0 Å². The molecule has 0 aromatic heterocycles. The minimum Gasteiger partial charge on any atom is -0.431 e. The van der Waals surface area contributed by atoms with Crippen LogP contribution in [0.5, 0.6) is 5.75 Å². The maximum Gasteiger partial charge on any atom is 0.490 e. The Balaban J connectivity index is 2.22. The van der Waals surface area contributed by atoms with Gasteiger partial charge in [-0.2, -0.15) is 0 Å². The lowest BCUT2D eigenvalue weighted by atomic mass is 9.80. The van der Waals surface area contributed by atoms with Gasteiger partial charge in [-0.15, -0.1) is 0 Å². The molecule has 0 unspecified atom stereocenters. The highest BCUT2D eigenvalue weighted by molar-refractivity contribution is 7.80. The zero-order valence-corrected chi connectivity index (χ0v) is 14.8. The summed E-state index contributed by atoms with van der Waals surface area (Å²) in [4.78, 5) is 0. The average molecular weight is 370 g/mol. The van der Waals surface area contributed by atoms with E-state index in [0.29, 0.717) is 11.4 Å². The number of rotatable bonds is 3. The Hall–Kier alpha value is -1.31. The van der Waals surface area contributed by atoms with E-state index < -0.39 is 7.12 Å². The summed E-state index contributed by atoms with van der Waals surface area (Å²) in [5.74, 6) is 0.664. The molecule has 3 N–H and O–H groups in total. The van der Waals surface area contributed by atoms with Gasteiger partial charge in [0.25, 0.3) is 5.17 Å². The summed E-state index contributed by atoms with van der Waals surface area (Å²) in [5, 5.41) is 22.0. The third-order valence-electron chi connectivity index (χ3n) is 3.20. The molecule has 2 aromatic carbocycles. The molecule has 0 aliphatic heterocycles. The standard InChI is InChI=1S/C15H14BCl2NO3S/c1-8-4-3-5-9(2)14(8)22-15(23)19-13-6-10(16(20)21)11(17)7-12(13)18/h3-7,20-21H,1-2H3,(H,19,23). The molecule has 0 aliphatic rings. The van der Waals surface area contributed by atoms with Crippen molar-refractivity contribution >= 4 is 58.9 Å². The topological polar surface area (TPSA) is 61.7 Å². The second-order valence-electron chi connectivity index (χ2n) is 4.96. The fourth-order valence-electron chi connectivity index (χ4n) is 2.05. The molecule has 0 fully saturated rings. The number of aryl methyl sites for hydroxylation is 2. The molecule has 0 amide bonds. The molecule has 0 bridgehead atoms. The van der Waals surface area contributed by atoms with Crippen LogP contribution >= 0.6 is 35.4 Å². The monoisotopic (exact) mass is 369 g/mol. The molecule has 0 spiro atoms. The van der Waals surface area contributed by atoms with Crippen LogP contribution in [0.3, 0.4) is 0 Å². The second kappa shape index (κ2) is 7.51. The van der Waals surface area contributed by atoms with Gasteiger partial charge in [0.1, 0.15) is 5.75 Å². The van der Waals surface area contributed by atoms with Gasteiger partial charge in [-0.3, -0.25) is 0 Å². The zero-order valence-electron chi connectivity index (χ0n) is 12.4. The van der Waals surface area contributed by atoms with Crippen LogP contribution in [0.25, 0.3) is 0 Å². The summed E-state index contributed by atoms with van der Waals surface area (Å²) in [7, 11) is -1.71. The third-order valence-corrected chi connectivity index (χ3v) is 4.03. The van der Waals surface area contributed by atoms with Gasteiger partial charge < -0.3 is 20.1 Å². The lowest BCUT2D eigenvalue weighted by molar-refractivity contribution is 0.426. The summed E-state index contributed by atoms with van der Waals surface area (Å²) < 4.78 is 5.67. The molecular formula is C15H14BCl2NO3S. The second-order valence-corrected chi connectivity index (χ2v) is 6.15. The molecule has 0 heterocycles. The van der Waals surface area contributed by atoms with Crippen LogP contribution in [0, 0.1) is 13.8 Å². The third kappa shape index (κ3) is 4.37. The van der Waals surface area contributed by atoms with E-state index >= 15 is 0 Å². The van der Waals surface area contributed by atoms with E-state index in [9.17, 15) is 10.0 Å². The van der Waals surface area contributed by atoms with Crippen molar-refractivity contribution in [2.75, 3.05) is 5.32 Å². The molecule has 23 heavy (non-hydrogen) atoms. The van der Waals surface area contributed by atoms with E-state index in [1.54, 1.807) is 0 Å². The van der Waals surface area contributed by atoms with E-state index in [4.69, 9.17) is 40.2 Å². The van der Waals surface area contributed by atoms with E-state index in [1.807, 2.05) is 32.0 Å². The molecule has 2 rings (SSSR count).